The fourth-order valence-electron chi connectivity index (χ4n) is 4.23. The standard InChI is InChI=1S/C23H27N5O5/c1-15-21-18(24-25-20(29)14-16-6-8-17(9-7-16)28(31)32)4-3-5-19(21)33-22(15)23(30)27-12-10-26(2)11-13-27/h6-9H,3-5,10-14H2,1-2H3,(H,25,29)/b24-18+. The Kier molecular flexibility index (Phi) is 6.55. The molecule has 174 valence electrons. The van der Waals surface area contributed by atoms with Crippen LogP contribution in [-0.2, 0) is 17.6 Å². The Labute approximate surface area is 191 Å². The van der Waals surface area contributed by atoms with Gasteiger partial charge in [0.15, 0.2) is 5.76 Å². The fourth-order valence-corrected chi connectivity index (χ4v) is 4.23. The summed E-state index contributed by atoms with van der Waals surface area (Å²) in [4.78, 5) is 39.7. The largest absolute Gasteiger partial charge is 0.455 e. The van der Waals surface area contributed by atoms with Gasteiger partial charge in [-0.25, -0.2) is 5.43 Å². The summed E-state index contributed by atoms with van der Waals surface area (Å²) < 4.78 is 5.99. The number of benzene rings is 1. The van der Waals surface area contributed by atoms with Crippen molar-refractivity contribution in [2.45, 2.75) is 32.6 Å². The van der Waals surface area contributed by atoms with Crippen LogP contribution in [0.5, 0.6) is 0 Å². The second-order valence-electron chi connectivity index (χ2n) is 8.50. The van der Waals surface area contributed by atoms with Crippen LogP contribution in [-0.4, -0.2) is 65.5 Å². The molecule has 0 saturated carbocycles. The maximum absolute atomic E-state index is 13.0. The van der Waals surface area contributed by atoms with Crippen molar-refractivity contribution in [1.29, 1.82) is 0 Å². The van der Waals surface area contributed by atoms with Crippen LogP contribution >= 0.6 is 0 Å². The Morgan fingerprint density at radius 3 is 2.52 bits per heavy atom. The number of nitro groups is 1. The average molecular weight is 453 g/mol. The van der Waals surface area contributed by atoms with Crippen LogP contribution in [0, 0.1) is 17.0 Å². The van der Waals surface area contributed by atoms with Gasteiger partial charge >= 0.3 is 0 Å². The molecular weight excluding hydrogens is 426 g/mol. The lowest BCUT2D eigenvalue weighted by Crippen LogP contribution is -2.47. The molecule has 10 heteroatoms. The van der Waals surface area contributed by atoms with Crippen molar-refractivity contribution in [1.82, 2.24) is 15.2 Å². The number of nitrogens with zero attached hydrogens (tertiary/aromatic N) is 4. The van der Waals surface area contributed by atoms with E-state index in [1.54, 1.807) is 12.1 Å². The van der Waals surface area contributed by atoms with Crippen LogP contribution in [0.25, 0.3) is 0 Å². The number of carbonyl (C=O) groups is 2. The third-order valence-electron chi connectivity index (χ3n) is 6.14. The highest BCUT2D eigenvalue weighted by molar-refractivity contribution is 6.06. The van der Waals surface area contributed by atoms with E-state index in [0.717, 1.165) is 42.8 Å². The first kappa shape index (κ1) is 22.7. The van der Waals surface area contributed by atoms with Gasteiger partial charge in [0.1, 0.15) is 5.76 Å². The number of hydrogen-bond donors (Lipinski definition) is 1. The number of furan rings is 1. The molecule has 0 bridgehead atoms. The molecule has 33 heavy (non-hydrogen) atoms. The van der Waals surface area contributed by atoms with Gasteiger partial charge in [0, 0.05) is 55.9 Å². The summed E-state index contributed by atoms with van der Waals surface area (Å²) in [5, 5.41) is 15.1. The zero-order valence-corrected chi connectivity index (χ0v) is 18.8. The van der Waals surface area contributed by atoms with E-state index in [1.165, 1.54) is 12.1 Å². The SMILES string of the molecule is Cc1c(C(=O)N2CCN(C)CC2)oc2c1/C(=N/NC(=O)Cc1ccc([N+](=O)[O-])cc1)CCC2. The van der Waals surface area contributed by atoms with Gasteiger partial charge < -0.3 is 14.2 Å². The number of amides is 2. The molecule has 0 radical (unpaired) electrons. The quantitative estimate of drug-likeness (QED) is 0.548. The molecular formula is C23H27N5O5. The number of rotatable bonds is 5. The number of carbonyl (C=O) groups excluding carboxylic acids is 2. The van der Waals surface area contributed by atoms with Crippen molar-refractivity contribution in [2.24, 2.45) is 5.10 Å². The molecule has 1 aliphatic heterocycles. The van der Waals surface area contributed by atoms with Crippen LogP contribution in [0.4, 0.5) is 5.69 Å². The second kappa shape index (κ2) is 9.53. The van der Waals surface area contributed by atoms with Crippen LogP contribution in [0.1, 0.15) is 45.8 Å². The Balaban J connectivity index is 1.46. The maximum Gasteiger partial charge on any atom is 0.289 e. The van der Waals surface area contributed by atoms with Crippen molar-refractivity contribution < 1.29 is 18.9 Å². The summed E-state index contributed by atoms with van der Waals surface area (Å²) in [7, 11) is 2.04. The van der Waals surface area contributed by atoms with E-state index in [4.69, 9.17) is 4.42 Å². The van der Waals surface area contributed by atoms with Crippen LogP contribution < -0.4 is 5.43 Å². The Hall–Kier alpha value is -3.53. The van der Waals surface area contributed by atoms with Crippen molar-refractivity contribution in [3.63, 3.8) is 0 Å². The van der Waals surface area contributed by atoms with Crippen LogP contribution in [0.2, 0.25) is 0 Å². The predicted molar refractivity (Wildman–Crippen MR) is 121 cm³/mol. The van der Waals surface area contributed by atoms with E-state index in [9.17, 15) is 19.7 Å². The maximum atomic E-state index is 13.0. The van der Waals surface area contributed by atoms with E-state index >= 15 is 0 Å². The molecule has 2 amide bonds. The lowest BCUT2D eigenvalue weighted by molar-refractivity contribution is -0.384. The highest BCUT2D eigenvalue weighted by Crippen LogP contribution is 2.30. The minimum atomic E-state index is -0.480. The second-order valence-corrected chi connectivity index (χ2v) is 8.50. The van der Waals surface area contributed by atoms with Gasteiger partial charge in [-0.05, 0) is 32.4 Å². The molecule has 2 aromatic rings. The van der Waals surface area contributed by atoms with Gasteiger partial charge in [-0.1, -0.05) is 12.1 Å². The normalized spacial score (nSPS) is 17.6. The first-order chi connectivity index (χ1) is 15.8. The minimum Gasteiger partial charge on any atom is -0.455 e. The molecule has 1 aromatic carbocycles. The number of likely N-dealkylation sites (N-methyl/N-ethyl adjacent to an activating group) is 1. The van der Waals surface area contributed by atoms with E-state index in [1.807, 2.05) is 18.9 Å². The number of hydrogen-bond acceptors (Lipinski definition) is 7. The van der Waals surface area contributed by atoms with Crippen molar-refractivity contribution in [3.8, 4) is 0 Å². The summed E-state index contributed by atoms with van der Waals surface area (Å²) in [6.07, 6.45) is 2.27. The van der Waals surface area contributed by atoms with E-state index in [0.29, 0.717) is 36.5 Å². The molecule has 1 aliphatic carbocycles. The zero-order valence-electron chi connectivity index (χ0n) is 18.8. The zero-order chi connectivity index (χ0) is 23.5. The van der Waals surface area contributed by atoms with Gasteiger partial charge in [-0.2, -0.15) is 5.10 Å². The Morgan fingerprint density at radius 1 is 1.15 bits per heavy atom. The number of nitrogens with one attached hydrogen (secondary N) is 1. The molecule has 0 atom stereocenters. The summed E-state index contributed by atoms with van der Waals surface area (Å²) in [6, 6.07) is 5.85. The van der Waals surface area contributed by atoms with E-state index in [-0.39, 0.29) is 23.9 Å². The lowest BCUT2D eigenvalue weighted by Gasteiger charge is -2.31. The molecule has 0 unspecified atom stereocenters. The highest BCUT2D eigenvalue weighted by Gasteiger charge is 2.31. The fraction of sp³-hybridized carbons (Fsp3) is 0.435. The number of non-ortho nitro benzene ring substituents is 1. The van der Waals surface area contributed by atoms with E-state index < -0.39 is 4.92 Å². The van der Waals surface area contributed by atoms with Gasteiger partial charge in [-0.3, -0.25) is 19.7 Å². The molecule has 10 nitrogen and oxygen atoms in total. The van der Waals surface area contributed by atoms with Gasteiger partial charge in [0.05, 0.1) is 17.1 Å². The molecule has 1 saturated heterocycles. The number of hydrazone groups is 1. The topological polar surface area (TPSA) is 121 Å². The highest BCUT2D eigenvalue weighted by atomic mass is 16.6. The average Bonchev–Trinajstić information content (AvgIpc) is 3.15. The summed E-state index contributed by atoms with van der Waals surface area (Å²) in [6.45, 7) is 4.86. The van der Waals surface area contributed by atoms with Gasteiger partial charge in [0.25, 0.3) is 11.6 Å². The molecule has 4 rings (SSSR count). The van der Waals surface area contributed by atoms with Crippen LogP contribution in [0.15, 0.2) is 33.8 Å². The molecule has 0 spiro atoms. The lowest BCUT2D eigenvalue weighted by atomic mass is 9.93. The Bertz CT molecular complexity index is 1100. The van der Waals surface area contributed by atoms with Crippen LogP contribution in [0.3, 0.4) is 0 Å². The molecule has 1 aromatic heterocycles. The van der Waals surface area contributed by atoms with Crippen molar-refractivity contribution in [3.05, 3.63) is 62.6 Å². The summed E-state index contributed by atoms with van der Waals surface area (Å²) in [5.41, 5.74) is 5.49. The number of piperazine rings is 1. The molecule has 1 fully saturated rings. The molecule has 1 N–H and O–H groups in total. The third-order valence-corrected chi connectivity index (χ3v) is 6.14. The van der Waals surface area contributed by atoms with Crippen molar-refractivity contribution in [2.75, 3.05) is 33.2 Å². The van der Waals surface area contributed by atoms with Crippen molar-refractivity contribution >= 4 is 23.2 Å². The number of fused-ring (bicyclic) bond motifs is 1. The number of nitro benzene ring substituents is 1. The first-order valence-electron chi connectivity index (χ1n) is 11.0. The van der Waals surface area contributed by atoms with E-state index in [2.05, 4.69) is 15.4 Å². The minimum absolute atomic E-state index is 0.0218. The summed E-state index contributed by atoms with van der Waals surface area (Å²) in [5.74, 6) is 0.672. The third kappa shape index (κ3) is 4.95. The van der Waals surface area contributed by atoms with Gasteiger partial charge in [0.2, 0.25) is 5.91 Å². The monoisotopic (exact) mass is 453 g/mol. The first-order valence-corrected chi connectivity index (χ1v) is 11.0. The summed E-state index contributed by atoms with van der Waals surface area (Å²) >= 11 is 0. The molecule has 2 aliphatic rings. The smallest absolute Gasteiger partial charge is 0.289 e. The Morgan fingerprint density at radius 2 is 1.85 bits per heavy atom. The van der Waals surface area contributed by atoms with Gasteiger partial charge in [-0.15, -0.1) is 0 Å². The predicted octanol–water partition coefficient (Wildman–Crippen LogP) is 2.28. The molecule has 2 heterocycles. The number of aryl methyl sites for hydroxylation is 1.